The Kier molecular flexibility index (Phi) is 3.60. The quantitative estimate of drug-likeness (QED) is 0.746. The van der Waals surface area contributed by atoms with Gasteiger partial charge in [-0.15, -0.1) is 11.8 Å². The second-order valence-electron chi connectivity index (χ2n) is 4.64. The van der Waals surface area contributed by atoms with Crippen LogP contribution in [0.3, 0.4) is 0 Å². The molecule has 20 heavy (non-hydrogen) atoms. The molecule has 5 heteroatoms. The second-order valence-corrected chi connectivity index (χ2v) is 5.52. The molecule has 0 atom stereocenters. The van der Waals surface area contributed by atoms with E-state index < -0.39 is 0 Å². The summed E-state index contributed by atoms with van der Waals surface area (Å²) in [6.45, 7) is 2.71. The number of rotatable bonds is 4. The highest BCUT2D eigenvalue weighted by Gasteiger charge is 2.01. The van der Waals surface area contributed by atoms with Gasteiger partial charge < -0.3 is 5.32 Å². The lowest BCUT2D eigenvalue weighted by Crippen LogP contribution is -2.02. The Morgan fingerprint density at radius 1 is 1.30 bits per heavy atom. The van der Waals surface area contributed by atoms with Crippen molar-refractivity contribution in [3.63, 3.8) is 0 Å². The van der Waals surface area contributed by atoms with Crippen LogP contribution in [0, 0.1) is 6.92 Å². The van der Waals surface area contributed by atoms with Crippen molar-refractivity contribution in [2.75, 3.05) is 11.6 Å². The van der Waals surface area contributed by atoms with Crippen LogP contribution >= 0.6 is 11.8 Å². The molecule has 0 aliphatic rings. The van der Waals surface area contributed by atoms with Crippen LogP contribution < -0.4 is 5.32 Å². The highest BCUT2D eigenvalue weighted by atomic mass is 32.2. The topological polar surface area (TPSA) is 42.2 Å². The monoisotopic (exact) mass is 284 g/mol. The Morgan fingerprint density at radius 3 is 3.05 bits per heavy atom. The van der Waals surface area contributed by atoms with Crippen LogP contribution in [-0.4, -0.2) is 20.9 Å². The van der Waals surface area contributed by atoms with Gasteiger partial charge in [-0.1, -0.05) is 6.07 Å². The number of aryl methyl sites for hydroxylation is 1. The minimum Gasteiger partial charge on any atom is -0.381 e. The van der Waals surface area contributed by atoms with E-state index in [0.717, 1.165) is 29.1 Å². The SMILES string of the molecule is CSc1cccc(NCc2cnc3cc(C)nn3c2)c1. The van der Waals surface area contributed by atoms with E-state index >= 15 is 0 Å². The molecule has 0 radical (unpaired) electrons. The minimum absolute atomic E-state index is 0.736. The predicted octanol–water partition coefficient (Wildman–Crippen LogP) is 3.37. The van der Waals surface area contributed by atoms with Gasteiger partial charge in [-0.3, -0.25) is 0 Å². The van der Waals surface area contributed by atoms with Crippen molar-refractivity contribution in [1.29, 1.82) is 0 Å². The van der Waals surface area contributed by atoms with Crippen LogP contribution in [0.4, 0.5) is 5.69 Å². The molecule has 0 aliphatic heterocycles. The Labute approximate surface area is 122 Å². The first-order chi connectivity index (χ1) is 9.74. The van der Waals surface area contributed by atoms with Gasteiger partial charge in [0, 0.05) is 41.2 Å². The number of fused-ring (bicyclic) bond motifs is 1. The second kappa shape index (κ2) is 5.54. The summed E-state index contributed by atoms with van der Waals surface area (Å²) < 4.78 is 1.82. The Morgan fingerprint density at radius 2 is 2.20 bits per heavy atom. The van der Waals surface area contributed by atoms with Crippen LogP contribution in [0.2, 0.25) is 0 Å². The van der Waals surface area contributed by atoms with Crippen molar-refractivity contribution in [1.82, 2.24) is 14.6 Å². The number of hydrogen-bond acceptors (Lipinski definition) is 4. The molecule has 0 saturated carbocycles. The molecule has 102 valence electrons. The molecule has 1 N–H and O–H groups in total. The zero-order valence-corrected chi connectivity index (χ0v) is 12.3. The van der Waals surface area contributed by atoms with Gasteiger partial charge in [-0.25, -0.2) is 9.50 Å². The molecule has 1 aromatic carbocycles. The third-order valence-corrected chi connectivity index (χ3v) is 3.78. The van der Waals surface area contributed by atoms with E-state index in [9.17, 15) is 0 Å². The number of thioether (sulfide) groups is 1. The molecule has 4 nitrogen and oxygen atoms in total. The molecule has 3 aromatic rings. The Hall–Kier alpha value is -2.01. The van der Waals surface area contributed by atoms with Gasteiger partial charge in [-0.05, 0) is 31.4 Å². The smallest absolute Gasteiger partial charge is 0.155 e. The average Bonchev–Trinajstić information content (AvgIpc) is 2.84. The average molecular weight is 284 g/mol. The highest BCUT2D eigenvalue weighted by Crippen LogP contribution is 2.19. The standard InChI is InChI=1S/C15H16N4S/c1-11-6-15-17-9-12(10-19(15)18-11)8-16-13-4-3-5-14(7-13)20-2/h3-7,9-10,16H,8H2,1-2H3. The highest BCUT2D eigenvalue weighted by molar-refractivity contribution is 7.98. The first kappa shape index (κ1) is 13.0. The zero-order chi connectivity index (χ0) is 13.9. The fourth-order valence-electron chi connectivity index (χ4n) is 2.06. The minimum atomic E-state index is 0.736. The van der Waals surface area contributed by atoms with Crippen LogP contribution in [0.5, 0.6) is 0 Å². The lowest BCUT2D eigenvalue weighted by Gasteiger charge is -2.07. The lowest BCUT2D eigenvalue weighted by molar-refractivity contribution is 0.895. The molecule has 3 rings (SSSR count). The maximum Gasteiger partial charge on any atom is 0.155 e. The van der Waals surface area contributed by atoms with Crippen LogP contribution in [0.25, 0.3) is 5.65 Å². The van der Waals surface area contributed by atoms with Gasteiger partial charge in [0.15, 0.2) is 5.65 Å². The first-order valence-electron chi connectivity index (χ1n) is 6.43. The van der Waals surface area contributed by atoms with Crippen molar-refractivity contribution in [2.45, 2.75) is 18.4 Å². The number of aromatic nitrogens is 3. The molecule has 0 fully saturated rings. The maximum absolute atomic E-state index is 4.40. The number of hydrogen-bond donors (Lipinski definition) is 1. The summed E-state index contributed by atoms with van der Waals surface area (Å²) in [5, 5.41) is 7.79. The largest absolute Gasteiger partial charge is 0.381 e. The Bertz CT molecular complexity index is 736. The summed E-state index contributed by atoms with van der Waals surface area (Å²) in [6.07, 6.45) is 5.99. The van der Waals surface area contributed by atoms with Gasteiger partial charge in [0.25, 0.3) is 0 Å². The van der Waals surface area contributed by atoms with E-state index in [0.29, 0.717) is 0 Å². The normalized spacial score (nSPS) is 10.9. The number of anilines is 1. The van der Waals surface area contributed by atoms with Crippen molar-refractivity contribution >= 4 is 23.1 Å². The molecular formula is C15H16N4S. The summed E-state index contributed by atoms with van der Waals surface area (Å²) in [6, 6.07) is 10.4. The van der Waals surface area contributed by atoms with Crippen molar-refractivity contribution in [3.05, 3.63) is 54.0 Å². The maximum atomic E-state index is 4.40. The van der Waals surface area contributed by atoms with Gasteiger partial charge in [0.1, 0.15) is 0 Å². The van der Waals surface area contributed by atoms with E-state index in [1.165, 1.54) is 4.90 Å². The summed E-state index contributed by atoms with van der Waals surface area (Å²) >= 11 is 1.74. The van der Waals surface area contributed by atoms with Crippen LogP contribution in [0.1, 0.15) is 11.3 Å². The third-order valence-electron chi connectivity index (χ3n) is 3.06. The molecule has 0 spiro atoms. The van der Waals surface area contributed by atoms with Gasteiger partial charge in [0.2, 0.25) is 0 Å². The molecule has 0 saturated heterocycles. The number of nitrogens with one attached hydrogen (secondary N) is 1. The Balaban J connectivity index is 1.75. The molecule has 0 bridgehead atoms. The van der Waals surface area contributed by atoms with E-state index in [1.54, 1.807) is 11.8 Å². The predicted molar refractivity (Wildman–Crippen MR) is 83.3 cm³/mol. The summed E-state index contributed by atoms with van der Waals surface area (Å²) in [4.78, 5) is 5.66. The van der Waals surface area contributed by atoms with Crippen LogP contribution in [-0.2, 0) is 6.54 Å². The fourth-order valence-corrected chi connectivity index (χ4v) is 2.52. The fraction of sp³-hybridized carbons (Fsp3) is 0.200. The van der Waals surface area contributed by atoms with Gasteiger partial charge in [0.05, 0.1) is 5.69 Å². The molecule has 2 aromatic heterocycles. The van der Waals surface area contributed by atoms with Gasteiger partial charge >= 0.3 is 0 Å². The molecular weight excluding hydrogens is 268 g/mol. The third kappa shape index (κ3) is 2.77. The summed E-state index contributed by atoms with van der Waals surface area (Å²) in [5.74, 6) is 0. The molecule has 0 amide bonds. The number of benzene rings is 1. The van der Waals surface area contributed by atoms with E-state index in [1.807, 2.05) is 29.9 Å². The molecule has 2 heterocycles. The van der Waals surface area contributed by atoms with Crippen molar-refractivity contribution in [3.8, 4) is 0 Å². The lowest BCUT2D eigenvalue weighted by atomic mass is 10.3. The molecule has 0 aliphatic carbocycles. The van der Waals surface area contributed by atoms with Crippen LogP contribution in [0.15, 0.2) is 47.6 Å². The van der Waals surface area contributed by atoms with E-state index in [2.05, 4.69) is 45.9 Å². The zero-order valence-electron chi connectivity index (χ0n) is 11.5. The summed E-state index contributed by atoms with van der Waals surface area (Å²) in [7, 11) is 0. The number of nitrogens with zero attached hydrogens (tertiary/aromatic N) is 3. The van der Waals surface area contributed by atoms with Crippen molar-refractivity contribution in [2.24, 2.45) is 0 Å². The van der Waals surface area contributed by atoms with Gasteiger partial charge in [-0.2, -0.15) is 5.10 Å². The summed E-state index contributed by atoms with van der Waals surface area (Å²) in [5.41, 5.74) is 4.09. The van der Waals surface area contributed by atoms with E-state index in [4.69, 9.17) is 0 Å². The first-order valence-corrected chi connectivity index (χ1v) is 7.66. The molecule has 0 unspecified atom stereocenters. The van der Waals surface area contributed by atoms with Crippen molar-refractivity contribution < 1.29 is 0 Å². The van der Waals surface area contributed by atoms with E-state index in [-0.39, 0.29) is 0 Å².